The summed E-state index contributed by atoms with van der Waals surface area (Å²) in [5.74, 6) is 0. The first-order valence-electron chi connectivity index (χ1n) is 5.38. The maximum atomic E-state index is 11.6. The second-order valence-corrected chi connectivity index (χ2v) is 3.78. The van der Waals surface area contributed by atoms with Gasteiger partial charge in [0.25, 0.3) is 0 Å². The topological polar surface area (TPSA) is 65.5 Å². The average molecular weight is 221 g/mol. The van der Waals surface area contributed by atoms with Crippen LogP contribution in [0.1, 0.15) is 18.2 Å². The lowest BCUT2D eigenvalue weighted by atomic mass is 10.2. The van der Waals surface area contributed by atoms with E-state index in [0.29, 0.717) is 19.5 Å². The van der Waals surface area contributed by atoms with Gasteiger partial charge < -0.3 is 15.3 Å². The number of hydrogen-bond acceptors (Lipinski definition) is 3. The van der Waals surface area contributed by atoms with Crippen molar-refractivity contribution in [1.29, 1.82) is 0 Å². The summed E-state index contributed by atoms with van der Waals surface area (Å²) in [4.78, 5) is 17.5. The van der Waals surface area contributed by atoms with E-state index in [0.717, 1.165) is 5.69 Å². The highest BCUT2D eigenvalue weighted by molar-refractivity contribution is 5.77. The minimum Gasteiger partial charge on any atom is -0.396 e. The van der Waals surface area contributed by atoms with Crippen LogP contribution in [0.4, 0.5) is 4.79 Å². The molecular formula is C11H15N3O2. The maximum absolute atomic E-state index is 11.6. The van der Waals surface area contributed by atoms with E-state index >= 15 is 0 Å². The third kappa shape index (κ3) is 2.30. The van der Waals surface area contributed by atoms with E-state index in [4.69, 9.17) is 5.11 Å². The first-order valence-corrected chi connectivity index (χ1v) is 5.38. The molecule has 1 atom stereocenters. The number of hydrogen-bond donors (Lipinski definition) is 2. The molecular weight excluding hydrogens is 206 g/mol. The Morgan fingerprint density at radius 1 is 1.56 bits per heavy atom. The summed E-state index contributed by atoms with van der Waals surface area (Å²) >= 11 is 0. The van der Waals surface area contributed by atoms with Gasteiger partial charge in [-0.15, -0.1) is 0 Å². The van der Waals surface area contributed by atoms with Crippen molar-refractivity contribution in [2.75, 3.05) is 19.7 Å². The Morgan fingerprint density at radius 2 is 2.44 bits per heavy atom. The molecule has 1 aliphatic heterocycles. The molecule has 0 aromatic carbocycles. The minimum absolute atomic E-state index is 0.0348. The third-order valence-electron chi connectivity index (χ3n) is 2.62. The van der Waals surface area contributed by atoms with Crippen molar-refractivity contribution in [3.05, 3.63) is 30.1 Å². The summed E-state index contributed by atoms with van der Waals surface area (Å²) in [7, 11) is 0. The summed E-state index contributed by atoms with van der Waals surface area (Å²) in [5, 5.41) is 11.6. The highest BCUT2D eigenvalue weighted by Crippen LogP contribution is 2.17. The Kier molecular flexibility index (Phi) is 3.36. The molecule has 0 radical (unpaired) electrons. The van der Waals surface area contributed by atoms with Gasteiger partial charge in [0.2, 0.25) is 0 Å². The zero-order chi connectivity index (χ0) is 11.4. The van der Waals surface area contributed by atoms with E-state index in [1.54, 1.807) is 11.1 Å². The van der Waals surface area contributed by atoms with Crippen molar-refractivity contribution in [3.63, 3.8) is 0 Å². The van der Waals surface area contributed by atoms with Crippen LogP contribution < -0.4 is 5.32 Å². The first kappa shape index (κ1) is 10.9. The summed E-state index contributed by atoms with van der Waals surface area (Å²) < 4.78 is 0. The molecule has 0 saturated carbocycles. The predicted octanol–water partition coefficient (Wildman–Crippen LogP) is 0.530. The predicted molar refractivity (Wildman–Crippen MR) is 58.8 cm³/mol. The fourth-order valence-corrected chi connectivity index (χ4v) is 1.79. The SMILES string of the molecule is O=C1NC(c2ccccn2)CN1CCCO. The molecule has 86 valence electrons. The lowest BCUT2D eigenvalue weighted by molar-refractivity contribution is 0.209. The smallest absolute Gasteiger partial charge is 0.318 e. The number of carbonyl (C=O) groups excluding carboxylic acids is 1. The van der Waals surface area contributed by atoms with Crippen molar-refractivity contribution in [2.45, 2.75) is 12.5 Å². The van der Waals surface area contributed by atoms with E-state index in [1.807, 2.05) is 18.2 Å². The van der Waals surface area contributed by atoms with Crippen molar-refractivity contribution in [2.24, 2.45) is 0 Å². The van der Waals surface area contributed by atoms with Crippen LogP contribution in [0.3, 0.4) is 0 Å². The maximum Gasteiger partial charge on any atom is 0.318 e. The van der Waals surface area contributed by atoms with Gasteiger partial charge in [0.05, 0.1) is 11.7 Å². The Hall–Kier alpha value is -1.62. The zero-order valence-corrected chi connectivity index (χ0v) is 8.97. The van der Waals surface area contributed by atoms with Crippen LogP contribution in [0.2, 0.25) is 0 Å². The number of aliphatic hydroxyl groups excluding tert-OH is 1. The normalized spacial score (nSPS) is 19.9. The summed E-state index contributed by atoms with van der Waals surface area (Å²) in [6, 6.07) is 5.55. The molecule has 1 saturated heterocycles. The van der Waals surface area contributed by atoms with E-state index in [-0.39, 0.29) is 18.7 Å². The molecule has 1 aromatic rings. The minimum atomic E-state index is -0.0795. The van der Waals surface area contributed by atoms with Crippen molar-refractivity contribution in [1.82, 2.24) is 15.2 Å². The molecule has 1 aliphatic rings. The van der Waals surface area contributed by atoms with Crippen LogP contribution in [-0.2, 0) is 0 Å². The number of urea groups is 1. The largest absolute Gasteiger partial charge is 0.396 e. The average Bonchev–Trinajstić information content (AvgIpc) is 2.69. The van der Waals surface area contributed by atoms with Crippen LogP contribution in [0.25, 0.3) is 0 Å². The van der Waals surface area contributed by atoms with E-state index in [9.17, 15) is 4.79 Å². The molecule has 0 bridgehead atoms. The van der Waals surface area contributed by atoms with Crippen molar-refractivity contribution in [3.8, 4) is 0 Å². The molecule has 16 heavy (non-hydrogen) atoms. The Labute approximate surface area is 94.1 Å². The van der Waals surface area contributed by atoms with Crippen LogP contribution in [-0.4, -0.2) is 40.7 Å². The monoisotopic (exact) mass is 221 g/mol. The first-order chi connectivity index (χ1) is 7.81. The fourth-order valence-electron chi connectivity index (χ4n) is 1.79. The van der Waals surface area contributed by atoms with Gasteiger partial charge in [0.1, 0.15) is 0 Å². The highest BCUT2D eigenvalue weighted by atomic mass is 16.3. The summed E-state index contributed by atoms with van der Waals surface area (Å²) in [5.41, 5.74) is 0.877. The number of carbonyl (C=O) groups is 1. The molecule has 2 amide bonds. The number of nitrogens with zero attached hydrogens (tertiary/aromatic N) is 2. The fraction of sp³-hybridized carbons (Fsp3) is 0.455. The molecule has 2 rings (SSSR count). The summed E-state index contributed by atoms with van der Waals surface area (Å²) in [6.07, 6.45) is 2.33. The van der Waals surface area contributed by atoms with Gasteiger partial charge >= 0.3 is 6.03 Å². The lowest BCUT2D eigenvalue weighted by Crippen LogP contribution is -2.29. The van der Waals surface area contributed by atoms with Gasteiger partial charge in [-0.3, -0.25) is 4.98 Å². The van der Waals surface area contributed by atoms with Crippen LogP contribution in [0, 0.1) is 0 Å². The van der Waals surface area contributed by atoms with Gasteiger partial charge in [0.15, 0.2) is 0 Å². The van der Waals surface area contributed by atoms with E-state index in [1.165, 1.54) is 0 Å². The van der Waals surface area contributed by atoms with Crippen LogP contribution in [0.5, 0.6) is 0 Å². The number of nitrogens with one attached hydrogen (secondary N) is 1. The van der Waals surface area contributed by atoms with E-state index < -0.39 is 0 Å². The Balaban J connectivity index is 1.98. The lowest BCUT2D eigenvalue weighted by Gasteiger charge is -2.13. The van der Waals surface area contributed by atoms with Crippen LogP contribution >= 0.6 is 0 Å². The van der Waals surface area contributed by atoms with Gasteiger partial charge in [-0.2, -0.15) is 0 Å². The number of aromatic nitrogens is 1. The van der Waals surface area contributed by atoms with Gasteiger partial charge in [0, 0.05) is 25.9 Å². The molecule has 0 spiro atoms. The molecule has 1 unspecified atom stereocenters. The Morgan fingerprint density at radius 3 is 3.12 bits per heavy atom. The molecule has 2 N–H and O–H groups in total. The van der Waals surface area contributed by atoms with Gasteiger partial charge in [-0.25, -0.2) is 4.79 Å². The Bertz CT molecular complexity index is 356. The zero-order valence-electron chi connectivity index (χ0n) is 8.97. The third-order valence-corrected chi connectivity index (χ3v) is 2.62. The quantitative estimate of drug-likeness (QED) is 0.779. The van der Waals surface area contributed by atoms with Gasteiger partial charge in [-0.1, -0.05) is 6.07 Å². The highest BCUT2D eigenvalue weighted by Gasteiger charge is 2.29. The second-order valence-electron chi connectivity index (χ2n) is 3.78. The number of pyridine rings is 1. The molecule has 5 heteroatoms. The number of rotatable bonds is 4. The van der Waals surface area contributed by atoms with Crippen molar-refractivity contribution >= 4 is 6.03 Å². The summed E-state index contributed by atoms with van der Waals surface area (Å²) in [6.45, 7) is 1.32. The molecule has 0 aliphatic carbocycles. The number of amides is 2. The van der Waals surface area contributed by atoms with Crippen molar-refractivity contribution < 1.29 is 9.90 Å². The molecule has 2 heterocycles. The number of aliphatic hydroxyl groups is 1. The van der Waals surface area contributed by atoms with Gasteiger partial charge in [-0.05, 0) is 18.6 Å². The second kappa shape index (κ2) is 4.94. The standard InChI is InChI=1S/C11H15N3O2/c15-7-3-6-14-8-10(13-11(14)16)9-4-1-2-5-12-9/h1-2,4-5,10,15H,3,6-8H2,(H,13,16). The molecule has 1 aromatic heterocycles. The molecule has 1 fully saturated rings. The molecule has 5 nitrogen and oxygen atoms in total. The van der Waals surface area contributed by atoms with E-state index in [2.05, 4.69) is 10.3 Å². The van der Waals surface area contributed by atoms with Crippen LogP contribution in [0.15, 0.2) is 24.4 Å².